The lowest BCUT2D eigenvalue weighted by molar-refractivity contribution is 0.120. The standard InChI is InChI=1S/C24H17ClN2O3S/c25-14-12-18(17-6-3-5-16-15-4-1-2-7-20(15)31-22(16)17)21-19(13-14)23(28)26-24(30-21)27-8-10-29-11-9-27/h1-7,12-13H,8-11H2. The highest BCUT2D eigenvalue weighted by Crippen LogP contribution is 2.42. The molecule has 154 valence electrons. The van der Waals surface area contributed by atoms with Gasteiger partial charge in [0.25, 0.3) is 5.56 Å². The lowest BCUT2D eigenvalue weighted by Crippen LogP contribution is -2.37. The number of anilines is 1. The van der Waals surface area contributed by atoms with Gasteiger partial charge >= 0.3 is 6.01 Å². The summed E-state index contributed by atoms with van der Waals surface area (Å²) in [5.41, 5.74) is 1.97. The Balaban J connectivity index is 1.65. The van der Waals surface area contributed by atoms with Crippen LogP contribution in [0.3, 0.4) is 0 Å². The van der Waals surface area contributed by atoms with Gasteiger partial charge in [-0.05, 0) is 18.2 Å². The lowest BCUT2D eigenvalue weighted by atomic mass is 10.0. The molecule has 1 aliphatic rings. The number of hydrogen-bond donors (Lipinski definition) is 0. The average molecular weight is 449 g/mol. The summed E-state index contributed by atoms with van der Waals surface area (Å²) in [6, 6.07) is 18.4. The molecule has 0 unspecified atom stereocenters. The normalized spacial score (nSPS) is 14.7. The van der Waals surface area contributed by atoms with E-state index in [4.69, 9.17) is 20.8 Å². The summed E-state index contributed by atoms with van der Waals surface area (Å²) in [6.07, 6.45) is 0. The molecule has 5 aromatic rings. The maximum absolute atomic E-state index is 12.9. The van der Waals surface area contributed by atoms with Crippen molar-refractivity contribution >= 4 is 60.1 Å². The van der Waals surface area contributed by atoms with Gasteiger partial charge in [0.15, 0.2) is 5.58 Å². The van der Waals surface area contributed by atoms with E-state index in [1.54, 1.807) is 17.4 Å². The van der Waals surface area contributed by atoms with E-state index in [9.17, 15) is 4.79 Å². The first-order valence-corrected chi connectivity index (χ1v) is 11.3. The third-order valence-corrected chi connectivity index (χ3v) is 7.09. The largest absolute Gasteiger partial charge is 0.424 e. The second kappa shape index (κ2) is 7.34. The van der Waals surface area contributed by atoms with E-state index in [1.807, 2.05) is 23.1 Å². The Labute approximate surface area is 186 Å². The van der Waals surface area contributed by atoms with Gasteiger partial charge in [-0.15, -0.1) is 11.3 Å². The molecule has 3 heterocycles. The lowest BCUT2D eigenvalue weighted by Gasteiger charge is -2.26. The van der Waals surface area contributed by atoms with Gasteiger partial charge in [-0.3, -0.25) is 4.79 Å². The third kappa shape index (κ3) is 3.10. The molecule has 0 radical (unpaired) electrons. The minimum Gasteiger partial charge on any atom is -0.424 e. The number of nitrogens with zero attached hydrogens (tertiary/aromatic N) is 2. The highest BCUT2D eigenvalue weighted by Gasteiger charge is 2.20. The Morgan fingerprint density at radius 2 is 1.74 bits per heavy atom. The Bertz CT molecular complexity index is 1520. The predicted octanol–water partition coefficient (Wildman–Crippen LogP) is 5.71. The monoisotopic (exact) mass is 448 g/mol. The van der Waals surface area contributed by atoms with E-state index in [0.29, 0.717) is 48.3 Å². The number of benzene rings is 3. The summed E-state index contributed by atoms with van der Waals surface area (Å²) in [5.74, 6) is 0. The molecular formula is C24H17ClN2O3S. The van der Waals surface area contributed by atoms with E-state index in [0.717, 1.165) is 15.8 Å². The molecule has 0 spiro atoms. The first-order valence-electron chi connectivity index (χ1n) is 10.1. The van der Waals surface area contributed by atoms with Crippen molar-refractivity contribution in [2.75, 3.05) is 31.2 Å². The van der Waals surface area contributed by atoms with Gasteiger partial charge in [-0.25, -0.2) is 0 Å². The summed E-state index contributed by atoms with van der Waals surface area (Å²) >= 11 is 8.16. The summed E-state index contributed by atoms with van der Waals surface area (Å²) in [4.78, 5) is 19.0. The van der Waals surface area contributed by atoms with Crippen LogP contribution in [0.2, 0.25) is 5.02 Å². The molecule has 1 fully saturated rings. The summed E-state index contributed by atoms with van der Waals surface area (Å²) in [6.45, 7) is 2.43. The van der Waals surface area contributed by atoms with E-state index < -0.39 is 0 Å². The van der Waals surface area contributed by atoms with Crippen molar-refractivity contribution in [2.24, 2.45) is 0 Å². The van der Waals surface area contributed by atoms with Crippen molar-refractivity contribution in [3.63, 3.8) is 0 Å². The quantitative estimate of drug-likeness (QED) is 0.346. The molecule has 0 atom stereocenters. The highest BCUT2D eigenvalue weighted by molar-refractivity contribution is 7.26. The maximum Gasteiger partial charge on any atom is 0.301 e. The Morgan fingerprint density at radius 1 is 0.935 bits per heavy atom. The van der Waals surface area contributed by atoms with Crippen LogP contribution in [0.1, 0.15) is 0 Å². The summed E-state index contributed by atoms with van der Waals surface area (Å²) in [5, 5.41) is 3.26. The van der Waals surface area contributed by atoms with Crippen molar-refractivity contribution in [3.05, 3.63) is 70.0 Å². The van der Waals surface area contributed by atoms with Crippen LogP contribution >= 0.6 is 22.9 Å². The molecule has 0 N–H and O–H groups in total. The zero-order valence-corrected chi connectivity index (χ0v) is 18.0. The van der Waals surface area contributed by atoms with Crippen LogP contribution in [0.25, 0.3) is 42.3 Å². The third-order valence-electron chi connectivity index (χ3n) is 5.65. The molecule has 0 saturated carbocycles. The number of ether oxygens (including phenoxy) is 1. The molecule has 1 saturated heterocycles. The highest BCUT2D eigenvalue weighted by atomic mass is 35.5. The predicted molar refractivity (Wildman–Crippen MR) is 127 cm³/mol. The molecule has 0 aliphatic carbocycles. The van der Waals surface area contributed by atoms with E-state index in [-0.39, 0.29) is 5.56 Å². The molecule has 2 aromatic heterocycles. The zero-order valence-electron chi connectivity index (χ0n) is 16.4. The fourth-order valence-electron chi connectivity index (χ4n) is 4.17. The van der Waals surface area contributed by atoms with E-state index >= 15 is 0 Å². The van der Waals surface area contributed by atoms with Crippen LogP contribution in [0.5, 0.6) is 0 Å². The van der Waals surface area contributed by atoms with Crippen LogP contribution in [-0.2, 0) is 4.74 Å². The second-order valence-electron chi connectivity index (χ2n) is 7.51. The number of halogens is 1. The van der Waals surface area contributed by atoms with E-state index in [2.05, 4.69) is 35.3 Å². The first-order chi connectivity index (χ1) is 15.2. The average Bonchev–Trinajstić information content (AvgIpc) is 3.18. The first kappa shape index (κ1) is 18.8. The number of hydrogen-bond acceptors (Lipinski definition) is 6. The number of aromatic nitrogens is 1. The van der Waals surface area contributed by atoms with Crippen molar-refractivity contribution in [2.45, 2.75) is 0 Å². The van der Waals surface area contributed by atoms with Gasteiger partial charge in [0.05, 0.1) is 18.6 Å². The Morgan fingerprint density at radius 3 is 2.61 bits per heavy atom. The SMILES string of the molecule is O=c1nc(N2CCOCC2)oc2c(-c3cccc4c3sc3ccccc34)cc(Cl)cc12. The van der Waals surface area contributed by atoms with Crippen molar-refractivity contribution in [1.29, 1.82) is 0 Å². The number of fused-ring (bicyclic) bond motifs is 4. The minimum atomic E-state index is -0.338. The number of morpholine rings is 1. The molecule has 6 rings (SSSR count). The molecule has 5 nitrogen and oxygen atoms in total. The van der Waals surface area contributed by atoms with Gasteiger partial charge in [0, 0.05) is 49.4 Å². The minimum absolute atomic E-state index is 0.327. The van der Waals surface area contributed by atoms with Crippen LogP contribution in [-0.4, -0.2) is 31.3 Å². The Hall–Kier alpha value is -2.93. The second-order valence-corrected chi connectivity index (χ2v) is 9.00. The Kier molecular flexibility index (Phi) is 4.45. The molecule has 3 aromatic carbocycles. The van der Waals surface area contributed by atoms with Crippen LogP contribution < -0.4 is 10.5 Å². The van der Waals surface area contributed by atoms with Crippen LogP contribution in [0, 0.1) is 0 Å². The van der Waals surface area contributed by atoms with Gasteiger partial charge in [-0.2, -0.15) is 4.98 Å². The van der Waals surface area contributed by atoms with Crippen molar-refractivity contribution in [1.82, 2.24) is 4.98 Å². The summed E-state index contributed by atoms with van der Waals surface area (Å²) < 4.78 is 14.0. The summed E-state index contributed by atoms with van der Waals surface area (Å²) in [7, 11) is 0. The van der Waals surface area contributed by atoms with Crippen molar-refractivity contribution in [3.8, 4) is 11.1 Å². The number of thiophene rings is 1. The van der Waals surface area contributed by atoms with Gasteiger partial charge in [0.1, 0.15) is 0 Å². The van der Waals surface area contributed by atoms with Crippen molar-refractivity contribution < 1.29 is 9.15 Å². The molecule has 31 heavy (non-hydrogen) atoms. The fourth-order valence-corrected chi connectivity index (χ4v) is 5.62. The molecule has 1 aliphatic heterocycles. The molecule has 7 heteroatoms. The molecule has 0 bridgehead atoms. The van der Waals surface area contributed by atoms with Crippen LogP contribution in [0.15, 0.2) is 63.8 Å². The van der Waals surface area contributed by atoms with Gasteiger partial charge in [0.2, 0.25) is 0 Å². The van der Waals surface area contributed by atoms with E-state index in [1.165, 1.54) is 15.5 Å². The van der Waals surface area contributed by atoms with Gasteiger partial charge < -0.3 is 14.1 Å². The zero-order chi connectivity index (χ0) is 20.9. The van der Waals surface area contributed by atoms with Crippen LogP contribution in [0.4, 0.5) is 6.01 Å². The number of rotatable bonds is 2. The van der Waals surface area contributed by atoms with Gasteiger partial charge in [-0.1, -0.05) is 48.0 Å². The topological polar surface area (TPSA) is 55.6 Å². The molecular weight excluding hydrogens is 432 g/mol. The fraction of sp³-hybridized carbons (Fsp3) is 0.167. The molecule has 0 amide bonds. The smallest absolute Gasteiger partial charge is 0.301 e. The maximum atomic E-state index is 12.9.